The first-order valence-corrected chi connectivity index (χ1v) is 6.74. The summed E-state index contributed by atoms with van der Waals surface area (Å²) in [7, 11) is 3.43. The first-order chi connectivity index (χ1) is 8.27. The lowest BCUT2D eigenvalue weighted by Gasteiger charge is -2.12. The van der Waals surface area contributed by atoms with Crippen molar-refractivity contribution in [1.29, 1.82) is 0 Å². The quantitative estimate of drug-likeness (QED) is 0.571. The molecule has 0 amide bonds. The van der Waals surface area contributed by atoms with Crippen LogP contribution in [0.25, 0.3) is 0 Å². The number of rotatable bonds is 8. The summed E-state index contributed by atoms with van der Waals surface area (Å²) < 4.78 is 10.4. The van der Waals surface area contributed by atoms with Crippen molar-refractivity contribution >= 4 is 11.8 Å². The van der Waals surface area contributed by atoms with Crippen LogP contribution < -0.4 is 10.1 Å². The molecular formula is C13H21NO2S. The zero-order valence-electron chi connectivity index (χ0n) is 10.7. The van der Waals surface area contributed by atoms with Gasteiger partial charge in [0.25, 0.3) is 0 Å². The van der Waals surface area contributed by atoms with Crippen molar-refractivity contribution in [2.75, 3.05) is 33.1 Å². The smallest absolute Gasteiger partial charge is 0.132 e. The molecule has 0 spiro atoms. The number of para-hydroxylation sites is 1. The lowest BCUT2D eigenvalue weighted by Crippen LogP contribution is -2.31. The van der Waals surface area contributed by atoms with Gasteiger partial charge in [-0.2, -0.15) is 0 Å². The van der Waals surface area contributed by atoms with E-state index in [-0.39, 0.29) is 0 Å². The van der Waals surface area contributed by atoms with Crippen molar-refractivity contribution in [2.24, 2.45) is 0 Å². The Labute approximate surface area is 108 Å². The van der Waals surface area contributed by atoms with Crippen LogP contribution in [0, 0.1) is 0 Å². The number of hydrogen-bond acceptors (Lipinski definition) is 4. The second kappa shape index (κ2) is 8.39. The predicted molar refractivity (Wildman–Crippen MR) is 73.1 cm³/mol. The third-order valence-corrected chi connectivity index (χ3v) is 3.39. The molecule has 1 unspecified atom stereocenters. The van der Waals surface area contributed by atoms with Gasteiger partial charge in [0.2, 0.25) is 0 Å². The molecule has 0 fully saturated rings. The van der Waals surface area contributed by atoms with Crippen molar-refractivity contribution in [3.63, 3.8) is 0 Å². The van der Waals surface area contributed by atoms with Crippen LogP contribution in [0.3, 0.4) is 0 Å². The van der Waals surface area contributed by atoms with Gasteiger partial charge in [-0.1, -0.05) is 12.1 Å². The van der Waals surface area contributed by atoms with Crippen LogP contribution >= 0.6 is 11.8 Å². The molecule has 0 aromatic heterocycles. The van der Waals surface area contributed by atoms with Gasteiger partial charge in [0.05, 0.1) is 13.7 Å². The van der Waals surface area contributed by atoms with Gasteiger partial charge in [-0.3, -0.25) is 0 Å². The topological polar surface area (TPSA) is 30.5 Å². The van der Waals surface area contributed by atoms with Crippen LogP contribution in [0.2, 0.25) is 0 Å². The van der Waals surface area contributed by atoms with Crippen LogP contribution in [-0.2, 0) is 4.74 Å². The van der Waals surface area contributed by atoms with Gasteiger partial charge in [-0.25, -0.2) is 0 Å². The molecule has 96 valence electrons. The maximum absolute atomic E-state index is 5.30. The van der Waals surface area contributed by atoms with Crippen molar-refractivity contribution in [2.45, 2.75) is 17.9 Å². The van der Waals surface area contributed by atoms with Gasteiger partial charge in [0.1, 0.15) is 5.75 Å². The summed E-state index contributed by atoms with van der Waals surface area (Å²) in [6, 6.07) is 8.50. The predicted octanol–water partition coefficient (Wildman–Crippen LogP) is 2.41. The zero-order valence-corrected chi connectivity index (χ0v) is 11.5. The normalized spacial score (nSPS) is 12.4. The van der Waals surface area contributed by atoms with Crippen LogP contribution in [0.5, 0.6) is 5.75 Å². The van der Waals surface area contributed by atoms with Gasteiger partial charge >= 0.3 is 0 Å². The Morgan fingerprint density at radius 3 is 2.76 bits per heavy atom. The Hall–Kier alpha value is -0.710. The number of methoxy groups -OCH3 is 2. The molecule has 0 saturated carbocycles. The number of benzene rings is 1. The van der Waals surface area contributed by atoms with Crippen LogP contribution in [0.4, 0.5) is 0 Å². The highest BCUT2D eigenvalue weighted by Gasteiger charge is 2.03. The molecule has 1 atom stereocenters. The SMILES string of the molecule is COCC(C)NCCSc1ccccc1OC. The van der Waals surface area contributed by atoms with Gasteiger partial charge in [0.15, 0.2) is 0 Å². The molecule has 1 aromatic carbocycles. The van der Waals surface area contributed by atoms with Gasteiger partial charge < -0.3 is 14.8 Å². The summed E-state index contributed by atoms with van der Waals surface area (Å²) in [6.45, 7) is 3.84. The molecule has 3 nitrogen and oxygen atoms in total. The van der Waals surface area contributed by atoms with E-state index in [1.807, 2.05) is 18.2 Å². The molecule has 0 saturated heterocycles. The minimum Gasteiger partial charge on any atom is -0.496 e. The van der Waals surface area contributed by atoms with Crippen molar-refractivity contribution in [3.8, 4) is 5.75 Å². The highest BCUT2D eigenvalue weighted by molar-refractivity contribution is 7.99. The first kappa shape index (κ1) is 14.4. The van der Waals surface area contributed by atoms with E-state index in [1.165, 1.54) is 4.90 Å². The van der Waals surface area contributed by atoms with Gasteiger partial charge in [-0.15, -0.1) is 11.8 Å². The van der Waals surface area contributed by atoms with E-state index in [4.69, 9.17) is 9.47 Å². The largest absolute Gasteiger partial charge is 0.496 e. The van der Waals surface area contributed by atoms with E-state index < -0.39 is 0 Å². The number of hydrogen-bond donors (Lipinski definition) is 1. The second-order valence-electron chi connectivity index (χ2n) is 3.81. The fourth-order valence-electron chi connectivity index (χ4n) is 1.51. The minimum atomic E-state index is 0.401. The molecule has 0 radical (unpaired) electrons. The second-order valence-corrected chi connectivity index (χ2v) is 4.95. The zero-order chi connectivity index (χ0) is 12.5. The lowest BCUT2D eigenvalue weighted by molar-refractivity contribution is 0.173. The summed E-state index contributed by atoms with van der Waals surface area (Å²) >= 11 is 1.80. The monoisotopic (exact) mass is 255 g/mol. The molecule has 1 rings (SSSR count). The molecule has 1 N–H and O–H groups in total. The average Bonchev–Trinajstić information content (AvgIpc) is 2.35. The summed E-state index contributed by atoms with van der Waals surface area (Å²) in [5.41, 5.74) is 0. The van der Waals surface area contributed by atoms with Crippen LogP contribution in [-0.4, -0.2) is 39.2 Å². The van der Waals surface area contributed by atoms with Crippen LogP contribution in [0.1, 0.15) is 6.92 Å². The number of thioether (sulfide) groups is 1. The highest BCUT2D eigenvalue weighted by Crippen LogP contribution is 2.28. The third kappa shape index (κ3) is 5.44. The Morgan fingerprint density at radius 2 is 2.06 bits per heavy atom. The third-order valence-electron chi connectivity index (χ3n) is 2.34. The Morgan fingerprint density at radius 1 is 1.29 bits per heavy atom. The molecule has 0 aliphatic rings. The fourth-order valence-corrected chi connectivity index (χ4v) is 2.42. The van der Waals surface area contributed by atoms with Crippen molar-refractivity contribution < 1.29 is 9.47 Å². The molecular weight excluding hydrogens is 234 g/mol. The Bertz CT molecular complexity index is 320. The molecule has 0 bridgehead atoms. The molecule has 0 heterocycles. The summed E-state index contributed by atoms with van der Waals surface area (Å²) in [4.78, 5) is 1.19. The maximum atomic E-state index is 5.30. The molecule has 0 aliphatic carbocycles. The number of ether oxygens (including phenoxy) is 2. The Kier molecular flexibility index (Phi) is 7.08. The minimum absolute atomic E-state index is 0.401. The van der Waals surface area contributed by atoms with E-state index in [2.05, 4.69) is 18.3 Å². The number of nitrogens with one attached hydrogen (secondary N) is 1. The highest BCUT2D eigenvalue weighted by atomic mass is 32.2. The molecule has 17 heavy (non-hydrogen) atoms. The fraction of sp³-hybridized carbons (Fsp3) is 0.538. The van der Waals surface area contributed by atoms with Crippen LogP contribution in [0.15, 0.2) is 29.2 Å². The van der Waals surface area contributed by atoms with E-state index in [0.29, 0.717) is 6.04 Å². The van der Waals surface area contributed by atoms with E-state index >= 15 is 0 Å². The maximum Gasteiger partial charge on any atom is 0.132 e. The van der Waals surface area contributed by atoms with Crippen molar-refractivity contribution in [3.05, 3.63) is 24.3 Å². The van der Waals surface area contributed by atoms with E-state index in [0.717, 1.165) is 24.7 Å². The lowest BCUT2D eigenvalue weighted by atomic mass is 10.3. The average molecular weight is 255 g/mol. The first-order valence-electron chi connectivity index (χ1n) is 5.76. The summed E-state index contributed by atoms with van der Waals surface area (Å²) in [5.74, 6) is 1.97. The molecule has 0 aliphatic heterocycles. The van der Waals surface area contributed by atoms with Gasteiger partial charge in [0, 0.05) is 30.3 Å². The standard InChI is InChI=1S/C13H21NO2S/c1-11(10-15-2)14-8-9-17-13-7-5-4-6-12(13)16-3/h4-7,11,14H,8-10H2,1-3H3. The molecule has 1 aromatic rings. The van der Waals surface area contributed by atoms with Crippen molar-refractivity contribution in [1.82, 2.24) is 5.32 Å². The van der Waals surface area contributed by atoms with E-state index in [1.54, 1.807) is 26.0 Å². The Balaban J connectivity index is 2.26. The van der Waals surface area contributed by atoms with Gasteiger partial charge in [-0.05, 0) is 19.1 Å². The molecule has 4 heteroatoms. The van der Waals surface area contributed by atoms with E-state index in [9.17, 15) is 0 Å². The summed E-state index contributed by atoms with van der Waals surface area (Å²) in [5, 5.41) is 3.40. The summed E-state index contributed by atoms with van der Waals surface area (Å²) in [6.07, 6.45) is 0.